The Bertz CT molecular complexity index is 1680. The van der Waals surface area contributed by atoms with E-state index in [-0.39, 0.29) is 12.7 Å². The van der Waals surface area contributed by atoms with Crippen molar-refractivity contribution in [1.29, 1.82) is 0 Å². The summed E-state index contributed by atoms with van der Waals surface area (Å²) in [5.74, 6) is 2.53. The number of piperidine rings is 1. The Labute approximate surface area is 253 Å². The van der Waals surface area contributed by atoms with E-state index in [1.807, 2.05) is 18.2 Å². The maximum Gasteiger partial charge on any atom is 0.338 e. The van der Waals surface area contributed by atoms with Crippen molar-refractivity contribution >= 4 is 28.6 Å². The number of hydrogen-bond acceptors (Lipinski definition) is 8. The van der Waals surface area contributed by atoms with Crippen LogP contribution in [0, 0.1) is 17.7 Å². The van der Waals surface area contributed by atoms with E-state index in [1.165, 1.54) is 13.2 Å². The molecule has 3 aliphatic rings. The number of esters is 1. The SMILES string of the molecule is COC(=O)c1cc(OC)c2nc(CN3C[C@@H]4C(c5cccc(OCc6ccc(Cl)cc6F)n5)[C@@H]4C3)n(C[C@@H]3CCO3)c2c1. The van der Waals surface area contributed by atoms with Crippen LogP contribution in [0.15, 0.2) is 48.5 Å². The maximum atomic E-state index is 14.2. The van der Waals surface area contributed by atoms with Crippen LogP contribution in [0.3, 0.4) is 0 Å². The lowest BCUT2D eigenvalue weighted by molar-refractivity contribution is -0.0591. The zero-order valence-corrected chi connectivity index (χ0v) is 24.7. The minimum Gasteiger partial charge on any atom is -0.494 e. The van der Waals surface area contributed by atoms with E-state index >= 15 is 0 Å². The summed E-state index contributed by atoms with van der Waals surface area (Å²) in [5.41, 5.74) is 3.44. The van der Waals surface area contributed by atoms with Crippen molar-refractivity contribution in [3.05, 3.63) is 82.0 Å². The van der Waals surface area contributed by atoms with Crippen LogP contribution in [0.5, 0.6) is 11.6 Å². The Morgan fingerprint density at radius 2 is 1.93 bits per heavy atom. The molecule has 4 atom stereocenters. The van der Waals surface area contributed by atoms with Gasteiger partial charge in [0, 0.05) is 48.0 Å². The molecule has 224 valence electrons. The van der Waals surface area contributed by atoms with Crippen LogP contribution in [0.2, 0.25) is 5.02 Å². The van der Waals surface area contributed by atoms with Crippen molar-refractivity contribution in [1.82, 2.24) is 19.4 Å². The zero-order chi connectivity index (χ0) is 29.7. The molecule has 2 aliphatic heterocycles. The Kier molecular flexibility index (Phi) is 7.44. The molecule has 2 aromatic carbocycles. The summed E-state index contributed by atoms with van der Waals surface area (Å²) in [6.07, 6.45) is 1.12. The van der Waals surface area contributed by atoms with Gasteiger partial charge >= 0.3 is 5.97 Å². The third-order valence-corrected chi connectivity index (χ3v) is 9.07. The molecule has 0 amide bonds. The monoisotopic (exact) mass is 606 g/mol. The summed E-state index contributed by atoms with van der Waals surface area (Å²) < 4.78 is 38.5. The second kappa shape index (κ2) is 11.4. The molecule has 43 heavy (non-hydrogen) atoms. The molecule has 1 unspecified atom stereocenters. The fraction of sp³-hybridized carbons (Fsp3) is 0.406. The molecule has 11 heteroatoms. The number of aromatic nitrogens is 3. The van der Waals surface area contributed by atoms with E-state index in [0.29, 0.717) is 58.6 Å². The predicted octanol–water partition coefficient (Wildman–Crippen LogP) is 5.23. The fourth-order valence-corrected chi connectivity index (χ4v) is 6.62. The van der Waals surface area contributed by atoms with E-state index < -0.39 is 11.8 Å². The van der Waals surface area contributed by atoms with Crippen molar-refractivity contribution in [3.63, 3.8) is 0 Å². The predicted molar refractivity (Wildman–Crippen MR) is 157 cm³/mol. The standard InChI is InChI=1S/C32H32ClFN4O5/c1-40-27-11-19(32(39)41-2)10-26-31(27)36-28(38(26)13-21-8-9-42-21)16-37-14-22-23(15-37)30(22)25-4-3-5-29(35-25)43-17-18-6-7-20(33)12-24(18)34/h3-7,10-12,21-23,30H,8-9,13-17H2,1-2H3/t21-,22-,23+,30?/m0/s1. The third-order valence-electron chi connectivity index (χ3n) is 8.83. The second-order valence-corrected chi connectivity index (χ2v) is 11.9. The molecule has 2 saturated heterocycles. The molecule has 1 aliphatic carbocycles. The highest BCUT2D eigenvalue weighted by molar-refractivity contribution is 6.30. The van der Waals surface area contributed by atoms with Crippen molar-refractivity contribution in [3.8, 4) is 11.6 Å². The van der Waals surface area contributed by atoms with Gasteiger partial charge in [-0.05, 0) is 48.6 Å². The third kappa shape index (κ3) is 5.43. The molecule has 0 bridgehead atoms. The number of ether oxygens (including phenoxy) is 4. The molecule has 4 heterocycles. The van der Waals surface area contributed by atoms with E-state index in [1.54, 1.807) is 31.4 Å². The number of hydrogen-bond donors (Lipinski definition) is 0. The number of pyridine rings is 1. The summed E-state index contributed by atoms with van der Waals surface area (Å²) in [5, 5.41) is 0.354. The lowest BCUT2D eigenvalue weighted by atomic mass is 10.1. The second-order valence-electron chi connectivity index (χ2n) is 11.4. The number of rotatable bonds is 10. The van der Waals surface area contributed by atoms with Crippen LogP contribution in [0.1, 0.15) is 39.8 Å². The van der Waals surface area contributed by atoms with Gasteiger partial charge in [-0.15, -0.1) is 0 Å². The molecule has 9 nitrogen and oxygen atoms in total. The van der Waals surface area contributed by atoms with Gasteiger partial charge in [-0.25, -0.2) is 19.2 Å². The average Bonchev–Trinajstić information content (AvgIpc) is 3.30. The molecule has 3 fully saturated rings. The fourth-order valence-electron chi connectivity index (χ4n) is 6.46. The Morgan fingerprint density at radius 3 is 2.63 bits per heavy atom. The number of likely N-dealkylation sites (tertiary alicyclic amines) is 1. The van der Waals surface area contributed by atoms with Gasteiger partial charge in [0.25, 0.3) is 0 Å². The van der Waals surface area contributed by atoms with Crippen molar-refractivity contribution < 1.29 is 28.1 Å². The molecule has 0 spiro atoms. The van der Waals surface area contributed by atoms with Crippen molar-refractivity contribution in [2.45, 2.75) is 38.1 Å². The molecule has 4 aromatic rings. The van der Waals surface area contributed by atoms with Crippen LogP contribution >= 0.6 is 11.6 Å². The van der Waals surface area contributed by atoms with Gasteiger partial charge in [0.1, 0.15) is 29.5 Å². The van der Waals surface area contributed by atoms with E-state index in [2.05, 4.69) is 9.47 Å². The van der Waals surface area contributed by atoms with Gasteiger partial charge in [-0.1, -0.05) is 23.7 Å². The van der Waals surface area contributed by atoms with Gasteiger partial charge in [0.15, 0.2) is 0 Å². The highest BCUT2D eigenvalue weighted by atomic mass is 35.5. The Morgan fingerprint density at radius 1 is 1.12 bits per heavy atom. The molecule has 2 aromatic heterocycles. The number of carbonyl (C=O) groups excluding carboxylic acids is 1. The number of methoxy groups -OCH3 is 2. The number of benzene rings is 2. The normalized spacial score (nSPS) is 22.7. The molecule has 0 N–H and O–H groups in total. The molecular formula is C32H32ClFN4O5. The molecule has 0 radical (unpaired) electrons. The number of imidazole rings is 1. The van der Waals surface area contributed by atoms with Gasteiger partial charge in [-0.2, -0.15) is 0 Å². The van der Waals surface area contributed by atoms with Crippen LogP contribution in [-0.4, -0.2) is 65.4 Å². The number of fused-ring (bicyclic) bond motifs is 2. The van der Waals surface area contributed by atoms with Crippen LogP contribution in [-0.2, 0) is 29.2 Å². The number of carbonyl (C=O) groups is 1. The first-order chi connectivity index (χ1) is 20.9. The average molecular weight is 607 g/mol. The van der Waals surface area contributed by atoms with Crippen molar-refractivity contribution in [2.24, 2.45) is 11.8 Å². The lowest BCUT2D eigenvalue weighted by Crippen LogP contribution is -2.33. The van der Waals surface area contributed by atoms with E-state index in [0.717, 1.165) is 48.7 Å². The van der Waals surface area contributed by atoms with Gasteiger partial charge < -0.3 is 23.5 Å². The molecule has 1 saturated carbocycles. The number of halogens is 2. The Balaban J connectivity index is 1.05. The molecular weight excluding hydrogens is 575 g/mol. The quantitative estimate of drug-likeness (QED) is 0.227. The minimum absolute atomic E-state index is 0.0869. The summed E-state index contributed by atoms with van der Waals surface area (Å²) in [7, 11) is 2.96. The topological polar surface area (TPSA) is 87.9 Å². The first-order valence-corrected chi connectivity index (χ1v) is 14.8. The highest BCUT2D eigenvalue weighted by Gasteiger charge is 2.57. The lowest BCUT2D eigenvalue weighted by Gasteiger charge is -2.28. The van der Waals surface area contributed by atoms with Crippen LogP contribution in [0.25, 0.3) is 11.0 Å². The summed E-state index contributed by atoms with van der Waals surface area (Å²) in [6.45, 7) is 4.07. The minimum atomic E-state index is -0.416. The maximum absolute atomic E-state index is 14.2. The summed E-state index contributed by atoms with van der Waals surface area (Å²) >= 11 is 5.86. The smallest absolute Gasteiger partial charge is 0.338 e. The largest absolute Gasteiger partial charge is 0.494 e. The number of nitrogens with zero attached hydrogens (tertiary/aromatic N) is 4. The summed E-state index contributed by atoms with van der Waals surface area (Å²) in [4.78, 5) is 24.6. The highest BCUT2D eigenvalue weighted by Crippen LogP contribution is 2.58. The zero-order valence-electron chi connectivity index (χ0n) is 24.0. The van der Waals surface area contributed by atoms with E-state index in [9.17, 15) is 9.18 Å². The first-order valence-electron chi connectivity index (χ1n) is 14.4. The van der Waals surface area contributed by atoms with Crippen molar-refractivity contribution in [2.75, 3.05) is 33.9 Å². The van der Waals surface area contributed by atoms with Gasteiger partial charge in [-0.3, -0.25) is 4.90 Å². The van der Waals surface area contributed by atoms with Crippen LogP contribution in [0.4, 0.5) is 4.39 Å². The Hall–Kier alpha value is -3.73. The van der Waals surface area contributed by atoms with Crippen LogP contribution < -0.4 is 9.47 Å². The summed E-state index contributed by atoms with van der Waals surface area (Å²) in [6, 6.07) is 13.9. The van der Waals surface area contributed by atoms with Gasteiger partial charge in [0.2, 0.25) is 5.88 Å². The van der Waals surface area contributed by atoms with Gasteiger partial charge in [0.05, 0.1) is 44.5 Å². The van der Waals surface area contributed by atoms with E-state index in [4.69, 9.17) is 40.5 Å². The first kappa shape index (κ1) is 28.1. The molecule has 7 rings (SSSR count).